The molecule has 0 saturated heterocycles. The number of nitro benzene ring substituents is 1. The molecule has 1 fully saturated rings. The van der Waals surface area contributed by atoms with Crippen molar-refractivity contribution in [3.8, 4) is 5.69 Å². The third-order valence-electron chi connectivity index (χ3n) is 3.88. The van der Waals surface area contributed by atoms with Crippen LogP contribution >= 0.6 is 11.6 Å². The summed E-state index contributed by atoms with van der Waals surface area (Å²) in [6.07, 6.45) is 3.74. The molecule has 0 atom stereocenters. The van der Waals surface area contributed by atoms with Crippen LogP contribution < -0.4 is 0 Å². The first-order valence-electron chi connectivity index (χ1n) is 7.03. The summed E-state index contributed by atoms with van der Waals surface area (Å²) in [4.78, 5) is 14.3. The smallest absolute Gasteiger partial charge is 0.258 e. The van der Waals surface area contributed by atoms with Crippen molar-refractivity contribution in [3.63, 3.8) is 0 Å². The Morgan fingerprint density at radius 2 is 2.13 bits per heavy atom. The summed E-state index contributed by atoms with van der Waals surface area (Å²) in [6.45, 7) is 0. The zero-order valence-electron chi connectivity index (χ0n) is 11.7. The van der Waals surface area contributed by atoms with Crippen LogP contribution in [0.5, 0.6) is 0 Å². The third kappa shape index (κ3) is 2.43. The molecule has 8 heteroatoms. The zero-order chi connectivity index (χ0) is 16.1. The summed E-state index contributed by atoms with van der Waals surface area (Å²) in [6, 6.07) is 5.25. The molecule has 116 valence electrons. The Bertz CT molecular complexity index is 952. The maximum absolute atomic E-state index is 14.2. The van der Waals surface area contributed by atoms with Crippen LogP contribution in [0.3, 0.4) is 0 Å². The van der Waals surface area contributed by atoms with E-state index in [2.05, 4.69) is 10.1 Å². The van der Waals surface area contributed by atoms with Crippen molar-refractivity contribution in [2.24, 2.45) is 0 Å². The fraction of sp³-hybridized carbons (Fsp3) is 0.200. The predicted molar refractivity (Wildman–Crippen MR) is 82.5 cm³/mol. The van der Waals surface area contributed by atoms with Gasteiger partial charge in [0.1, 0.15) is 21.9 Å². The molecule has 0 aliphatic heterocycles. The number of aromatic nitrogens is 3. The van der Waals surface area contributed by atoms with Crippen molar-refractivity contribution in [2.45, 2.75) is 18.8 Å². The summed E-state index contributed by atoms with van der Waals surface area (Å²) in [5.41, 5.74) is 2.11. The van der Waals surface area contributed by atoms with Crippen LogP contribution in [0.15, 0.2) is 30.5 Å². The number of benzene rings is 1. The minimum atomic E-state index is -0.717. The van der Waals surface area contributed by atoms with Crippen LogP contribution in [0.25, 0.3) is 16.7 Å². The Morgan fingerprint density at radius 1 is 1.35 bits per heavy atom. The van der Waals surface area contributed by atoms with Crippen LogP contribution in [0, 0.1) is 15.9 Å². The van der Waals surface area contributed by atoms with E-state index in [9.17, 15) is 14.5 Å². The number of nitrogens with zero attached hydrogens (tertiary/aromatic N) is 4. The fourth-order valence-corrected chi connectivity index (χ4v) is 2.83. The molecule has 0 unspecified atom stereocenters. The van der Waals surface area contributed by atoms with Gasteiger partial charge in [0.2, 0.25) is 0 Å². The van der Waals surface area contributed by atoms with Gasteiger partial charge in [-0.1, -0.05) is 11.6 Å². The summed E-state index contributed by atoms with van der Waals surface area (Å²) in [7, 11) is 0. The van der Waals surface area contributed by atoms with Gasteiger partial charge in [-0.05, 0) is 36.5 Å². The van der Waals surface area contributed by atoms with Gasteiger partial charge in [-0.3, -0.25) is 10.1 Å². The van der Waals surface area contributed by atoms with Crippen LogP contribution in [0.1, 0.15) is 24.3 Å². The van der Waals surface area contributed by atoms with Crippen molar-refractivity contribution >= 4 is 28.3 Å². The quantitative estimate of drug-likeness (QED) is 0.413. The molecule has 1 aliphatic rings. The van der Waals surface area contributed by atoms with E-state index in [0.717, 1.165) is 24.5 Å². The van der Waals surface area contributed by atoms with Crippen LogP contribution in [-0.2, 0) is 0 Å². The molecule has 1 aromatic carbocycles. The highest BCUT2D eigenvalue weighted by Gasteiger charge is 2.28. The third-order valence-corrected chi connectivity index (χ3v) is 4.07. The molecule has 23 heavy (non-hydrogen) atoms. The maximum Gasteiger partial charge on any atom is 0.272 e. The Morgan fingerprint density at radius 3 is 2.78 bits per heavy atom. The minimum absolute atomic E-state index is 0.131. The number of pyridine rings is 1. The predicted octanol–water partition coefficient (Wildman–Crippen LogP) is 4.00. The summed E-state index contributed by atoms with van der Waals surface area (Å²) in [5, 5.41) is 15.5. The fourth-order valence-electron chi connectivity index (χ4n) is 2.62. The molecule has 0 radical (unpaired) electrons. The molecule has 0 N–H and O–H groups in total. The number of halogens is 2. The van der Waals surface area contributed by atoms with Crippen LogP contribution in [0.4, 0.5) is 10.1 Å². The van der Waals surface area contributed by atoms with E-state index in [1.54, 1.807) is 12.3 Å². The molecule has 0 spiro atoms. The lowest BCUT2D eigenvalue weighted by Gasteiger charge is -2.02. The number of fused-ring (bicyclic) bond motifs is 1. The van der Waals surface area contributed by atoms with E-state index in [-0.39, 0.29) is 11.4 Å². The van der Waals surface area contributed by atoms with E-state index < -0.39 is 10.7 Å². The number of hydrogen-bond donors (Lipinski definition) is 0. The highest BCUT2D eigenvalue weighted by Crippen LogP contribution is 2.43. The molecule has 2 aromatic heterocycles. The molecule has 6 nitrogen and oxygen atoms in total. The van der Waals surface area contributed by atoms with Crippen LogP contribution in [-0.4, -0.2) is 19.7 Å². The summed E-state index contributed by atoms with van der Waals surface area (Å²) >= 11 is 6.04. The second-order valence-electron chi connectivity index (χ2n) is 5.51. The lowest BCUT2D eigenvalue weighted by Crippen LogP contribution is -1.99. The van der Waals surface area contributed by atoms with E-state index in [1.807, 2.05) is 0 Å². The minimum Gasteiger partial charge on any atom is -0.258 e. The molecule has 3 aromatic rings. The van der Waals surface area contributed by atoms with Gasteiger partial charge < -0.3 is 0 Å². The van der Waals surface area contributed by atoms with E-state index >= 15 is 0 Å². The molecule has 1 aliphatic carbocycles. The first-order valence-corrected chi connectivity index (χ1v) is 7.41. The lowest BCUT2D eigenvalue weighted by atomic mass is 10.1. The first kappa shape index (κ1) is 14.1. The molecule has 4 rings (SSSR count). The molecular weight excluding hydrogens is 323 g/mol. The topological polar surface area (TPSA) is 73.8 Å². The first-order chi connectivity index (χ1) is 11.0. The van der Waals surface area contributed by atoms with Crippen molar-refractivity contribution in [3.05, 3.63) is 57.1 Å². The average molecular weight is 333 g/mol. The molecule has 1 saturated carbocycles. The van der Waals surface area contributed by atoms with E-state index in [1.165, 1.54) is 16.8 Å². The monoisotopic (exact) mass is 332 g/mol. The number of non-ortho nitro benzene ring substituents is 1. The maximum atomic E-state index is 14.2. The second kappa shape index (κ2) is 4.99. The van der Waals surface area contributed by atoms with Gasteiger partial charge in [-0.2, -0.15) is 5.10 Å². The van der Waals surface area contributed by atoms with Crippen molar-refractivity contribution in [1.29, 1.82) is 0 Å². The lowest BCUT2D eigenvalue weighted by molar-refractivity contribution is -0.385. The molecule has 0 amide bonds. The van der Waals surface area contributed by atoms with Gasteiger partial charge in [0.05, 0.1) is 17.2 Å². The van der Waals surface area contributed by atoms with Gasteiger partial charge in [-0.15, -0.1) is 0 Å². The molecular formula is C15H10ClFN4O2. The largest absolute Gasteiger partial charge is 0.272 e. The summed E-state index contributed by atoms with van der Waals surface area (Å²) in [5.74, 6) is -0.297. The molecule has 2 heterocycles. The van der Waals surface area contributed by atoms with Gasteiger partial charge in [0.25, 0.3) is 5.69 Å². The van der Waals surface area contributed by atoms with Crippen LogP contribution in [0.2, 0.25) is 5.15 Å². The second-order valence-corrected chi connectivity index (χ2v) is 5.90. The molecule has 0 bridgehead atoms. The van der Waals surface area contributed by atoms with Gasteiger partial charge in [0.15, 0.2) is 5.82 Å². The van der Waals surface area contributed by atoms with Crippen molar-refractivity contribution in [2.75, 3.05) is 0 Å². The van der Waals surface area contributed by atoms with Gasteiger partial charge >= 0.3 is 0 Å². The Kier molecular flexibility index (Phi) is 3.05. The van der Waals surface area contributed by atoms with Gasteiger partial charge in [-0.25, -0.2) is 14.1 Å². The number of rotatable bonds is 3. The highest BCUT2D eigenvalue weighted by atomic mass is 35.5. The Labute approximate surface area is 134 Å². The van der Waals surface area contributed by atoms with Gasteiger partial charge in [0, 0.05) is 6.07 Å². The van der Waals surface area contributed by atoms with E-state index in [4.69, 9.17) is 11.6 Å². The SMILES string of the molecule is O=[N+]([O-])c1ccc(-n2cc3nc(Cl)cc(C4CC4)c3n2)c(F)c1. The zero-order valence-corrected chi connectivity index (χ0v) is 12.5. The number of hydrogen-bond acceptors (Lipinski definition) is 4. The Hall–Kier alpha value is -2.54. The Balaban J connectivity index is 1.86. The normalized spacial score (nSPS) is 14.3. The number of nitro groups is 1. The average Bonchev–Trinajstić information content (AvgIpc) is 3.26. The van der Waals surface area contributed by atoms with E-state index in [0.29, 0.717) is 22.1 Å². The summed E-state index contributed by atoms with van der Waals surface area (Å²) < 4.78 is 15.5. The highest BCUT2D eigenvalue weighted by molar-refractivity contribution is 6.29. The van der Waals surface area contributed by atoms with Crippen molar-refractivity contribution in [1.82, 2.24) is 14.8 Å². The van der Waals surface area contributed by atoms with Crippen molar-refractivity contribution < 1.29 is 9.31 Å². The standard InChI is InChI=1S/C15H10ClFN4O2/c16-14-6-10(8-1-2-8)15-12(18-14)7-20(19-15)13-4-3-9(21(22)23)5-11(13)17/h3-8H,1-2H2.